The van der Waals surface area contributed by atoms with Crippen molar-refractivity contribution in [1.82, 2.24) is 0 Å². The van der Waals surface area contributed by atoms with Gasteiger partial charge in [-0.05, 0) is 97.0 Å². The maximum atomic E-state index is 13.0. The molecule has 3 aliphatic rings. The highest BCUT2D eigenvalue weighted by atomic mass is 79.9. The van der Waals surface area contributed by atoms with Crippen molar-refractivity contribution < 1.29 is 33.0 Å². The molecule has 0 amide bonds. The number of rotatable bonds is 10. The molecule has 7 atom stereocenters. The van der Waals surface area contributed by atoms with Gasteiger partial charge in [0.15, 0.2) is 8.32 Å². The van der Waals surface area contributed by atoms with Crippen molar-refractivity contribution in [3.8, 4) is 0 Å². The van der Waals surface area contributed by atoms with E-state index in [2.05, 4.69) is 75.5 Å². The molecule has 0 saturated heterocycles. The molecule has 0 radical (unpaired) electrons. The Morgan fingerprint density at radius 2 is 1.76 bits per heavy atom. The van der Waals surface area contributed by atoms with Gasteiger partial charge in [-0.25, -0.2) is 4.79 Å². The summed E-state index contributed by atoms with van der Waals surface area (Å²) in [5.74, 6) is -1.19. The minimum absolute atomic E-state index is 0.00253. The number of carbonyl (C=O) groups is 3. The summed E-state index contributed by atoms with van der Waals surface area (Å²) in [5.41, 5.74) is 1.43. The second-order valence-corrected chi connectivity index (χ2v) is 21.1. The van der Waals surface area contributed by atoms with Crippen molar-refractivity contribution in [1.29, 1.82) is 0 Å². The summed E-state index contributed by atoms with van der Waals surface area (Å²) < 4.78 is 25.3. The number of esters is 3. The van der Waals surface area contributed by atoms with Gasteiger partial charge >= 0.3 is 17.9 Å². The molecule has 2 aliphatic carbocycles. The molecule has 0 bridgehead atoms. The standard InChI is InChI=1S/C36H52BrNO7Si/c1-22-28(19-29(27-16-18-42-33(27)41)38-26-13-11-25(37)12-14-26)35(7)17-15-32(45-24(3)40)36(8,21-43-46(9,10)34(4,5)6)31(35)20-30(22)44-23(2)39/h11-14,16,28-32,38H,1,15,17-21H2,2-10H3/t28-,29-,30+,31+,32-,35+,36+/m1/s1. The summed E-state index contributed by atoms with van der Waals surface area (Å²) in [5, 5.41) is 3.60. The number of halogens is 1. The van der Waals surface area contributed by atoms with E-state index in [0.29, 0.717) is 31.4 Å². The Balaban J connectivity index is 1.79. The highest BCUT2D eigenvalue weighted by molar-refractivity contribution is 9.10. The number of hydrogen-bond acceptors (Lipinski definition) is 8. The van der Waals surface area contributed by atoms with E-state index in [4.69, 9.17) is 18.6 Å². The van der Waals surface area contributed by atoms with E-state index in [9.17, 15) is 14.4 Å². The fourth-order valence-corrected chi connectivity index (χ4v) is 9.05. The highest BCUT2D eigenvalue weighted by Gasteiger charge is 2.62. The smallest absolute Gasteiger partial charge is 0.336 e. The molecule has 1 heterocycles. The summed E-state index contributed by atoms with van der Waals surface area (Å²) in [6.07, 6.45) is 3.50. The number of nitrogens with one attached hydrogen (secondary N) is 1. The average molecular weight is 719 g/mol. The first-order chi connectivity index (χ1) is 21.3. The Labute approximate surface area is 284 Å². The Bertz CT molecular complexity index is 1370. The SMILES string of the molecule is C=C1[C@@H](OC(C)=O)C[C@@H]2[C@](C)(CO[Si](C)(C)C(C)(C)C)[C@H](OC(C)=O)CC[C@@]2(C)[C@@H]1C[C@@H](Nc1ccc(Br)cc1)C1=CCOC1=O. The molecule has 1 aromatic rings. The summed E-state index contributed by atoms with van der Waals surface area (Å²) in [6.45, 7) is 23.7. The Morgan fingerprint density at radius 1 is 1.13 bits per heavy atom. The van der Waals surface area contributed by atoms with E-state index in [-0.39, 0.29) is 58.9 Å². The number of cyclic esters (lactones) is 1. The van der Waals surface area contributed by atoms with Crippen LogP contribution in [0.15, 0.2) is 52.5 Å². The third-order valence-electron chi connectivity index (χ3n) is 11.3. The van der Waals surface area contributed by atoms with Gasteiger partial charge in [0, 0.05) is 36.0 Å². The quantitative estimate of drug-likeness (QED) is 0.113. The third kappa shape index (κ3) is 7.49. The molecule has 2 fully saturated rings. The van der Waals surface area contributed by atoms with E-state index >= 15 is 0 Å². The van der Waals surface area contributed by atoms with Crippen molar-refractivity contribution in [2.24, 2.45) is 22.7 Å². The average Bonchev–Trinajstić information content (AvgIpc) is 3.38. The summed E-state index contributed by atoms with van der Waals surface area (Å²) in [6, 6.07) is 7.49. The number of fused-ring (bicyclic) bond motifs is 1. The molecule has 1 aliphatic heterocycles. The number of carbonyl (C=O) groups excluding carboxylic acids is 3. The van der Waals surface area contributed by atoms with E-state index < -0.39 is 19.8 Å². The summed E-state index contributed by atoms with van der Waals surface area (Å²) in [7, 11) is -2.17. The van der Waals surface area contributed by atoms with Gasteiger partial charge in [-0.2, -0.15) is 0 Å². The highest BCUT2D eigenvalue weighted by Crippen LogP contribution is 2.63. The maximum absolute atomic E-state index is 13.0. The van der Waals surface area contributed by atoms with Crippen LogP contribution in [-0.4, -0.2) is 57.7 Å². The molecule has 0 spiro atoms. The van der Waals surface area contributed by atoms with Gasteiger partial charge in [-0.1, -0.05) is 57.1 Å². The Hall–Kier alpha value is -2.43. The van der Waals surface area contributed by atoms with Crippen LogP contribution < -0.4 is 5.32 Å². The van der Waals surface area contributed by atoms with Crippen molar-refractivity contribution >= 4 is 47.8 Å². The number of benzene rings is 1. The molecule has 8 nitrogen and oxygen atoms in total. The predicted molar refractivity (Wildman–Crippen MR) is 186 cm³/mol. The van der Waals surface area contributed by atoms with Crippen LogP contribution in [0, 0.1) is 22.7 Å². The van der Waals surface area contributed by atoms with Crippen molar-refractivity contribution in [2.75, 3.05) is 18.5 Å². The zero-order chi connectivity index (χ0) is 34.2. The molecule has 0 aromatic heterocycles. The van der Waals surface area contributed by atoms with Crippen molar-refractivity contribution in [3.63, 3.8) is 0 Å². The van der Waals surface area contributed by atoms with Crippen LogP contribution in [-0.2, 0) is 33.0 Å². The van der Waals surface area contributed by atoms with Gasteiger partial charge in [0.25, 0.3) is 0 Å². The topological polar surface area (TPSA) is 100 Å². The van der Waals surface area contributed by atoms with Crippen LogP contribution in [0.2, 0.25) is 18.1 Å². The summed E-state index contributed by atoms with van der Waals surface area (Å²) >= 11 is 3.51. The monoisotopic (exact) mass is 717 g/mol. The fraction of sp³-hybridized carbons (Fsp3) is 0.639. The molecular formula is C36H52BrNO7Si. The van der Waals surface area contributed by atoms with E-state index in [1.165, 1.54) is 13.8 Å². The zero-order valence-electron chi connectivity index (χ0n) is 29.0. The van der Waals surface area contributed by atoms with E-state index in [1.54, 1.807) is 0 Å². The van der Waals surface area contributed by atoms with Gasteiger partial charge in [-0.3, -0.25) is 9.59 Å². The molecule has 2 saturated carbocycles. The van der Waals surface area contributed by atoms with Crippen LogP contribution in [0.4, 0.5) is 5.69 Å². The van der Waals surface area contributed by atoms with Crippen LogP contribution in [0.25, 0.3) is 0 Å². The first kappa shape index (κ1) is 36.4. The van der Waals surface area contributed by atoms with Gasteiger partial charge in [0.2, 0.25) is 0 Å². The summed E-state index contributed by atoms with van der Waals surface area (Å²) in [4.78, 5) is 37.9. The minimum atomic E-state index is -2.17. The molecule has 254 valence electrons. The normalized spacial score (nSPS) is 30.5. The van der Waals surface area contributed by atoms with Crippen LogP contribution in [0.1, 0.15) is 74.1 Å². The number of anilines is 1. The molecule has 46 heavy (non-hydrogen) atoms. The lowest BCUT2D eigenvalue weighted by molar-refractivity contribution is -0.192. The van der Waals surface area contributed by atoms with Crippen LogP contribution >= 0.6 is 15.9 Å². The first-order valence-corrected chi connectivity index (χ1v) is 20.0. The lowest BCUT2D eigenvalue weighted by Crippen LogP contribution is -2.62. The minimum Gasteiger partial charge on any atom is -0.462 e. The Morgan fingerprint density at radius 3 is 2.30 bits per heavy atom. The molecule has 1 N–H and O–H groups in total. The molecule has 1 aromatic carbocycles. The fourth-order valence-electron chi connectivity index (χ4n) is 7.68. The van der Waals surface area contributed by atoms with Crippen molar-refractivity contribution in [3.05, 3.63) is 52.5 Å². The van der Waals surface area contributed by atoms with Gasteiger partial charge in [-0.15, -0.1) is 0 Å². The molecule has 10 heteroatoms. The van der Waals surface area contributed by atoms with E-state index in [0.717, 1.165) is 22.2 Å². The molecule has 0 unspecified atom stereocenters. The number of hydrogen-bond donors (Lipinski definition) is 1. The Kier molecular flexibility index (Phi) is 10.8. The van der Waals surface area contributed by atoms with Crippen LogP contribution in [0.3, 0.4) is 0 Å². The lowest BCUT2D eigenvalue weighted by Gasteiger charge is -2.62. The first-order valence-electron chi connectivity index (χ1n) is 16.3. The lowest BCUT2D eigenvalue weighted by atomic mass is 9.45. The largest absolute Gasteiger partial charge is 0.462 e. The number of ether oxygens (including phenoxy) is 3. The molecular weight excluding hydrogens is 666 g/mol. The third-order valence-corrected chi connectivity index (χ3v) is 16.3. The zero-order valence-corrected chi connectivity index (χ0v) is 31.5. The van der Waals surface area contributed by atoms with E-state index in [1.807, 2.05) is 30.3 Å². The van der Waals surface area contributed by atoms with Gasteiger partial charge < -0.3 is 24.0 Å². The van der Waals surface area contributed by atoms with Gasteiger partial charge in [0.05, 0.1) is 11.6 Å². The van der Waals surface area contributed by atoms with Crippen molar-refractivity contribution in [2.45, 2.75) is 111 Å². The van der Waals surface area contributed by atoms with Gasteiger partial charge in [0.1, 0.15) is 18.8 Å². The van der Waals surface area contributed by atoms with Crippen LogP contribution in [0.5, 0.6) is 0 Å². The molecule has 4 rings (SSSR count). The second kappa shape index (κ2) is 13.6. The predicted octanol–water partition coefficient (Wildman–Crippen LogP) is 7.99. The maximum Gasteiger partial charge on any atom is 0.336 e. The second-order valence-electron chi connectivity index (χ2n) is 15.4.